The van der Waals surface area contributed by atoms with Gasteiger partial charge in [-0.05, 0) is 31.0 Å². The highest BCUT2D eigenvalue weighted by molar-refractivity contribution is 5.41. The molecule has 1 heterocycles. The number of nitrogens with zero attached hydrogens (tertiary/aromatic N) is 2. The van der Waals surface area contributed by atoms with Gasteiger partial charge in [-0.2, -0.15) is 0 Å². The molecule has 0 aliphatic rings. The molecule has 0 fully saturated rings. The molecule has 2 aromatic rings. The summed E-state index contributed by atoms with van der Waals surface area (Å²) in [4.78, 5) is 7.76. The lowest BCUT2D eigenvalue weighted by atomic mass is 10.1. The number of aryl methyl sites for hydroxylation is 1. The molecule has 1 unspecified atom stereocenters. The van der Waals surface area contributed by atoms with Crippen LogP contribution in [-0.4, -0.2) is 17.1 Å². The lowest BCUT2D eigenvalue weighted by molar-refractivity contribution is 0.386. The minimum atomic E-state index is -0.471. The largest absolute Gasteiger partial charge is 0.494 e. The van der Waals surface area contributed by atoms with Crippen molar-refractivity contribution in [1.29, 1.82) is 0 Å². The van der Waals surface area contributed by atoms with E-state index in [4.69, 9.17) is 4.74 Å². The van der Waals surface area contributed by atoms with E-state index in [0.29, 0.717) is 17.7 Å². The Labute approximate surface area is 122 Å². The average molecular weight is 293 g/mol. The van der Waals surface area contributed by atoms with E-state index in [1.54, 1.807) is 13.0 Å². The van der Waals surface area contributed by atoms with Gasteiger partial charge in [0.15, 0.2) is 23.2 Å². The maximum atomic E-state index is 14.1. The van der Waals surface area contributed by atoms with Crippen LogP contribution in [0.25, 0.3) is 0 Å². The molecule has 1 aromatic carbocycles. The van der Waals surface area contributed by atoms with E-state index in [1.807, 2.05) is 6.92 Å². The topological polar surface area (TPSA) is 47.0 Å². The van der Waals surface area contributed by atoms with Gasteiger partial charge in [-0.3, -0.25) is 0 Å². The van der Waals surface area contributed by atoms with Gasteiger partial charge in [-0.15, -0.1) is 0 Å². The first-order valence-electron chi connectivity index (χ1n) is 6.66. The third-order valence-corrected chi connectivity index (χ3v) is 3.23. The fourth-order valence-corrected chi connectivity index (χ4v) is 1.99. The number of anilines is 1. The minimum Gasteiger partial charge on any atom is -0.494 e. The molecule has 1 N–H and O–H groups in total. The van der Waals surface area contributed by atoms with Gasteiger partial charge in [0.05, 0.1) is 18.8 Å². The van der Waals surface area contributed by atoms with Gasteiger partial charge in [0.25, 0.3) is 0 Å². The van der Waals surface area contributed by atoms with Crippen molar-refractivity contribution >= 4 is 5.82 Å². The number of nitrogens with one attached hydrogen (secondary N) is 1. The van der Waals surface area contributed by atoms with Crippen molar-refractivity contribution in [2.45, 2.75) is 26.3 Å². The third kappa shape index (κ3) is 3.26. The van der Waals surface area contributed by atoms with Crippen LogP contribution in [0.3, 0.4) is 0 Å². The van der Waals surface area contributed by atoms with E-state index >= 15 is 0 Å². The third-order valence-electron chi connectivity index (χ3n) is 3.23. The molecular weight excluding hydrogens is 276 g/mol. The maximum Gasteiger partial charge on any atom is 0.186 e. The highest BCUT2D eigenvalue weighted by Gasteiger charge is 2.14. The Morgan fingerprint density at radius 1 is 1.29 bits per heavy atom. The van der Waals surface area contributed by atoms with Crippen LogP contribution in [0.1, 0.15) is 31.1 Å². The van der Waals surface area contributed by atoms with Crippen LogP contribution in [0.15, 0.2) is 24.5 Å². The fraction of sp³-hybridized carbons (Fsp3) is 0.333. The zero-order valence-electron chi connectivity index (χ0n) is 12.2. The molecule has 1 atom stereocenters. The van der Waals surface area contributed by atoms with Gasteiger partial charge >= 0.3 is 0 Å². The molecule has 1 aromatic heterocycles. The summed E-state index contributed by atoms with van der Waals surface area (Å²) in [5.74, 6) is -0.639. The Morgan fingerprint density at radius 3 is 2.67 bits per heavy atom. The monoisotopic (exact) mass is 293 g/mol. The minimum absolute atomic E-state index is 0.116. The molecule has 0 aliphatic carbocycles. The predicted molar refractivity (Wildman–Crippen MR) is 76.4 cm³/mol. The Kier molecular flexibility index (Phi) is 4.67. The van der Waals surface area contributed by atoms with E-state index < -0.39 is 11.6 Å². The second-order valence-corrected chi connectivity index (χ2v) is 4.60. The van der Waals surface area contributed by atoms with Crippen molar-refractivity contribution in [3.05, 3.63) is 47.4 Å². The summed E-state index contributed by atoms with van der Waals surface area (Å²) >= 11 is 0. The summed E-state index contributed by atoms with van der Waals surface area (Å²) in [5.41, 5.74) is 1.02. The molecule has 0 amide bonds. The van der Waals surface area contributed by atoms with Crippen molar-refractivity contribution in [2.24, 2.45) is 0 Å². The molecular formula is C15H17F2N3O. The Bertz CT molecular complexity index is 634. The van der Waals surface area contributed by atoms with Crippen LogP contribution in [0.2, 0.25) is 0 Å². The summed E-state index contributed by atoms with van der Waals surface area (Å²) in [6, 6.07) is 4.31. The maximum absolute atomic E-state index is 14.1. The highest BCUT2D eigenvalue weighted by Crippen LogP contribution is 2.25. The number of hydrogen-bond acceptors (Lipinski definition) is 4. The second-order valence-electron chi connectivity index (χ2n) is 4.60. The number of aromatic nitrogens is 2. The Hall–Kier alpha value is -2.24. The second kappa shape index (κ2) is 6.47. The quantitative estimate of drug-likeness (QED) is 0.916. The van der Waals surface area contributed by atoms with Crippen LogP contribution in [0.4, 0.5) is 14.6 Å². The zero-order chi connectivity index (χ0) is 15.4. The Balaban J connectivity index is 2.22. The van der Waals surface area contributed by atoms with Crippen molar-refractivity contribution in [3.8, 4) is 5.75 Å². The first-order valence-corrected chi connectivity index (χ1v) is 6.66. The standard InChI is InChI=1S/C15H17F2N3O/c1-4-12-14(17)15(19-8-18-12)20-9(2)10-5-6-13(21-3)11(16)7-10/h5-9H,4H2,1-3H3,(H,18,19,20). The molecule has 4 nitrogen and oxygen atoms in total. The zero-order valence-corrected chi connectivity index (χ0v) is 12.2. The molecule has 0 saturated carbocycles. The lowest BCUT2D eigenvalue weighted by Gasteiger charge is -2.16. The molecule has 112 valence electrons. The number of rotatable bonds is 5. The smallest absolute Gasteiger partial charge is 0.186 e. The highest BCUT2D eigenvalue weighted by atomic mass is 19.1. The van der Waals surface area contributed by atoms with E-state index in [0.717, 1.165) is 0 Å². The van der Waals surface area contributed by atoms with Crippen LogP contribution < -0.4 is 10.1 Å². The van der Waals surface area contributed by atoms with Crippen LogP contribution in [0.5, 0.6) is 5.75 Å². The number of benzene rings is 1. The molecule has 6 heteroatoms. The van der Waals surface area contributed by atoms with Gasteiger partial charge in [0.2, 0.25) is 0 Å². The van der Waals surface area contributed by atoms with Crippen molar-refractivity contribution in [3.63, 3.8) is 0 Å². The molecule has 0 spiro atoms. The Morgan fingerprint density at radius 2 is 2.05 bits per heavy atom. The van der Waals surface area contributed by atoms with Gasteiger partial charge < -0.3 is 10.1 Å². The van der Waals surface area contributed by atoms with Crippen LogP contribution >= 0.6 is 0 Å². The van der Waals surface area contributed by atoms with Crippen LogP contribution in [0, 0.1) is 11.6 Å². The number of ether oxygens (including phenoxy) is 1. The number of halogens is 2. The van der Waals surface area contributed by atoms with Crippen molar-refractivity contribution in [2.75, 3.05) is 12.4 Å². The van der Waals surface area contributed by atoms with E-state index in [2.05, 4.69) is 15.3 Å². The SMILES string of the molecule is CCc1ncnc(NC(C)c2ccc(OC)c(F)c2)c1F. The summed E-state index contributed by atoms with van der Waals surface area (Å²) < 4.78 is 32.6. The number of hydrogen-bond donors (Lipinski definition) is 1. The van der Waals surface area contributed by atoms with Gasteiger partial charge in [-0.1, -0.05) is 13.0 Å². The van der Waals surface area contributed by atoms with E-state index in [1.165, 1.54) is 25.6 Å². The van der Waals surface area contributed by atoms with Gasteiger partial charge in [0, 0.05) is 0 Å². The number of methoxy groups -OCH3 is 1. The van der Waals surface area contributed by atoms with Gasteiger partial charge in [-0.25, -0.2) is 18.7 Å². The van der Waals surface area contributed by atoms with Crippen molar-refractivity contribution < 1.29 is 13.5 Å². The first kappa shape index (κ1) is 15.2. The molecule has 0 saturated heterocycles. The predicted octanol–water partition coefficient (Wildman–Crippen LogP) is 3.50. The normalized spacial score (nSPS) is 12.0. The van der Waals surface area contributed by atoms with E-state index in [-0.39, 0.29) is 17.6 Å². The molecule has 0 radical (unpaired) electrons. The summed E-state index contributed by atoms with van der Waals surface area (Å²) in [6.45, 7) is 3.62. The lowest BCUT2D eigenvalue weighted by Crippen LogP contribution is -2.11. The van der Waals surface area contributed by atoms with Gasteiger partial charge in [0.1, 0.15) is 6.33 Å². The molecule has 0 aliphatic heterocycles. The molecule has 21 heavy (non-hydrogen) atoms. The summed E-state index contributed by atoms with van der Waals surface area (Å²) in [5, 5.41) is 2.93. The van der Waals surface area contributed by atoms with E-state index in [9.17, 15) is 8.78 Å². The summed E-state index contributed by atoms with van der Waals surface area (Å²) in [6.07, 6.45) is 1.79. The average Bonchev–Trinajstić information content (AvgIpc) is 2.49. The van der Waals surface area contributed by atoms with Crippen molar-refractivity contribution in [1.82, 2.24) is 9.97 Å². The molecule has 0 bridgehead atoms. The summed E-state index contributed by atoms with van der Waals surface area (Å²) in [7, 11) is 1.41. The first-order chi connectivity index (χ1) is 10.1. The fourth-order valence-electron chi connectivity index (χ4n) is 1.99. The molecule has 2 rings (SSSR count). The van der Waals surface area contributed by atoms with Crippen LogP contribution in [-0.2, 0) is 6.42 Å².